The molecule has 2 unspecified atom stereocenters. The molecule has 1 saturated heterocycles. The molecule has 3 atom stereocenters. The highest BCUT2D eigenvalue weighted by atomic mass is 16.5. The Morgan fingerprint density at radius 1 is 1.06 bits per heavy atom. The van der Waals surface area contributed by atoms with Gasteiger partial charge in [0.15, 0.2) is 0 Å². The van der Waals surface area contributed by atoms with Gasteiger partial charge in [-0.2, -0.15) is 0 Å². The summed E-state index contributed by atoms with van der Waals surface area (Å²) in [6.45, 7) is 3.55. The number of benzene rings is 2. The number of rotatable bonds is 6. The number of amides is 2. The topological polar surface area (TPSA) is 116 Å². The summed E-state index contributed by atoms with van der Waals surface area (Å²) in [7, 11) is 0. The number of ether oxygens (including phenoxy) is 1. The quantitative estimate of drug-likeness (QED) is 0.620. The lowest BCUT2D eigenvalue weighted by molar-refractivity contribution is -0.149. The number of nitrogens with one attached hydrogen (secondary N) is 1. The molecule has 0 saturated carbocycles. The summed E-state index contributed by atoms with van der Waals surface area (Å²) in [4.78, 5) is 38.4. The molecular weight excluding hydrogens is 424 g/mol. The largest absolute Gasteiger partial charge is 0.480 e. The van der Waals surface area contributed by atoms with E-state index in [0.29, 0.717) is 0 Å². The van der Waals surface area contributed by atoms with Crippen molar-refractivity contribution in [3.8, 4) is 11.1 Å². The minimum Gasteiger partial charge on any atom is -0.480 e. The summed E-state index contributed by atoms with van der Waals surface area (Å²) in [5, 5.41) is 21.9. The molecule has 1 aliphatic carbocycles. The molecule has 0 bridgehead atoms. The first kappa shape index (κ1) is 22.8. The van der Waals surface area contributed by atoms with Crippen LogP contribution in [0.3, 0.4) is 0 Å². The van der Waals surface area contributed by atoms with Crippen LogP contribution in [0.4, 0.5) is 4.79 Å². The monoisotopic (exact) mass is 452 g/mol. The molecule has 2 aromatic rings. The number of β-amino-alcohol motifs (C(OH)–C–C–N with tert-alkyl or cyclic N) is 1. The number of hydrogen-bond donors (Lipinski definition) is 3. The van der Waals surface area contributed by atoms with Crippen molar-refractivity contribution in [1.29, 1.82) is 0 Å². The van der Waals surface area contributed by atoms with E-state index < -0.39 is 36.2 Å². The van der Waals surface area contributed by atoms with Gasteiger partial charge in [-0.25, -0.2) is 9.59 Å². The van der Waals surface area contributed by atoms with Crippen LogP contribution in [0.1, 0.15) is 37.3 Å². The van der Waals surface area contributed by atoms with E-state index in [1.807, 2.05) is 48.5 Å². The molecule has 1 fully saturated rings. The van der Waals surface area contributed by atoms with Crippen molar-refractivity contribution in [1.82, 2.24) is 10.2 Å². The molecule has 2 aromatic carbocycles. The number of carbonyl (C=O) groups excluding carboxylic acids is 2. The van der Waals surface area contributed by atoms with E-state index >= 15 is 0 Å². The lowest BCUT2D eigenvalue weighted by Gasteiger charge is -2.29. The fourth-order valence-corrected chi connectivity index (χ4v) is 4.75. The number of nitrogens with zero attached hydrogens (tertiary/aromatic N) is 1. The van der Waals surface area contributed by atoms with Gasteiger partial charge in [0.25, 0.3) is 0 Å². The number of aliphatic hydroxyl groups is 1. The number of carboxylic acid groups (broad SMARTS) is 1. The SMILES string of the molecule is CC(C)C(NC(=O)OCC1c2ccccc2-c2ccccc21)C(=O)N1CC(O)C[C@H]1C(=O)O. The summed E-state index contributed by atoms with van der Waals surface area (Å²) < 4.78 is 5.54. The molecule has 33 heavy (non-hydrogen) atoms. The van der Waals surface area contributed by atoms with Crippen LogP contribution in [0.5, 0.6) is 0 Å². The summed E-state index contributed by atoms with van der Waals surface area (Å²) >= 11 is 0. The highest BCUT2D eigenvalue weighted by Crippen LogP contribution is 2.44. The summed E-state index contributed by atoms with van der Waals surface area (Å²) in [6, 6.07) is 13.9. The van der Waals surface area contributed by atoms with Gasteiger partial charge in [-0.05, 0) is 28.2 Å². The van der Waals surface area contributed by atoms with Gasteiger partial charge in [0, 0.05) is 18.9 Å². The minimum atomic E-state index is -1.18. The van der Waals surface area contributed by atoms with Crippen LogP contribution >= 0.6 is 0 Å². The number of carbonyl (C=O) groups is 3. The van der Waals surface area contributed by atoms with Gasteiger partial charge in [0.05, 0.1) is 6.10 Å². The molecule has 1 aliphatic heterocycles. The van der Waals surface area contributed by atoms with Gasteiger partial charge in [-0.3, -0.25) is 4.79 Å². The van der Waals surface area contributed by atoms with Crippen LogP contribution in [0.2, 0.25) is 0 Å². The van der Waals surface area contributed by atoms with Crippen LogP contribution in [-0.4, -0.2) is 64.4 Å². The molecule has 2 amide bonds. The van der Waals surface area contributed by atoms with E-state index in [1.54, 1.807) is 13.8 Å². The number of alkyl carbamates (subject to hydrolysis) is 1. The van der Waals surface area contributed by atoms with Gasteiger partial charge in [-0.1, -0.05) is 62.4 Å². The minimum absolute atomic E-state index is 0.0309. The molecule has 8 heteroatoms. The Labute approximate surface area is 192 Å². The molecule has 1 heterocycles. The predicted octanol–water partition coefficient (Wildman–Crippen LogP) is 2.60. The second kappa shape index (κ2) is 9.23. The van der Waals surface area contributed by atoms with E-state index in [0.717, 1.165) is 27.2 Å². The van der Waals surface area contributed by atoms with E-state index in [4.69, 9.17) is 4.74 Å². The lowest BCUT2D eigenvalue weighted by atomic mass is 9.98. The van der Waals surface area contributed by atoms with Crippen molar-refractivity contribution in [2.24, 2.45) is 5.92 Å². The number of aliphatic carboxylic acids is 1. The number of hydrogen-bond acceptors (Lipinski definition) is 5. The lowest BCUT2D eigenvalue weighted by Crippen LogP contribution is -2.54. The Morgan fingerprint density at radius 2 is 1.64 bits per heavy atom. The van der Waals surface area contributed by atoms with Crippen molar-refractivity contribution in [3.05, 3.63) is 59.7 Å². The maximum atomic E-state index is 13.1. The van der Waals surface area contributed by atoms with Crippen LogP contribution in [-0.2, 0) is 14.3 Å². The second-order valence-electron chi connectivity index (χ2n) is 8.93. The Kier molecular flexibility index (Phi) is 6.37. The van der Waals surface area contributed by atoms with Gasteiger partial charge in [0.1, 0.15) is 18.7 Å². The Morgan fingerprint density at radius 3 is 2.18 bits per heavy atom. The molecule has 8 nitrogen and oxygen atoms in total. The molecule has 0 radical (unpaired) electrons. The predicted molar refractivity (Wildman–Crippen MR) is 121 cm³/mol. The van der Waals surface area contributed by atoms with Crippen molar-refractivity contribution >= 4 is 18.0 Å². The third-order valence-electron chi connectivity index (χ3n) is 6.40. The van der Waals surface area contributed by atoms with E-state index in [1.165, 1.54) is 0 Å². The third-order valence-corrected chi connectivity index (χ3v) is 6.40. The summed E-state index contributed by atoms with van der Waals surface area (Å²) in [6.07, 6.45) is -1.68. The standard InChI is InChI=1S/C25H28N2O6/c1-14(2)22(23(29)27-12-15(28)11-21(27)24(30)31)26-25(32)33-13-20-18-9-5-3-7-16(18)17-8-4-6-10-19(17)20/h3-10,14-15,20-22,28H,11-13H2,1-2H3,(H,26,32)(H,30,31)/t15?,21-,22?/m0/s1. The highest BCUT2D eigenvalue weighted by molar-refractivity contribution is 5.90. The van der Waals surface area contributed by atoms with Crippen molar-refractivity contribution in [3.63, 3.8) is 0 Å². The Balaban J connectivity index is 1.44. The van der Waals surface area contributed by atoms with Gasteiger partial charge >= 0.3 is 12.1 Å². The maximum absolute atomic E-state index is 13.1. The number of aliphatic hydroxyl groups excluding tert-OH is 1. The second-order valence-corrected chi connectivity index (χ2v) is 8.93. The molecule has 0 spiro atoms. The van der Waals surface area contributed by atoms with E-state index in [9.17, 15) is 24.6 Å². The molecule has 174 valence electrons. The fraction of sp³-hybridized carbons (Fsp3) is 0.400. The van der Waals surface area contributed by atoms with E-state index in [-0.39, 0.29) is 31.4 Å². The maximum Gasteiger partial charge on any atom is 0.407 e. The van der Waals surface area contributed by atoms with Crippen LogP contribution in [0.15, 0.2) is 48.5 Å². The van der Waals surface area contributed by atoms with Crippen molar-refractivity contribution in [2.75, 3.05) is 13.2 Å². The van der Waals surface area contributed by atoms with Gasteiger partial charge in [-0.15, -0.1) is 0 Å². The molecule has 3 N–H and O–H groups in total. The van der Waals surface area contributed by atoms with Crippen molar-refractivity contribution < 1.29 is 29.3 Å². The van der Waals surface area contributed by atoms with Crippen LogP contribution in [0, 0.1) is 5.92 Å². The molecular formula is C25H28N2O6. The zero-order valence-corrected chi connectivity index (χ0v) is 18.6. The Hall–Kier alpha value is -3.39. The molecule has 0 aromatic heterocycles. The smallest absolute Gasteiger partial charge is 0.407 e. The first-order chi connectivity index (χ1) is 15.8. The first-order valence-corrected chi connectivity index (χ1v) is 11.1. The van der Waals surface area contributed by atoms with Crippen LogP contribution < -0.4 is 5.32 Å². The average Bonchev–Trinajstić information content (AvgIpc) is 3.34. The zero-order chi connectivity index (χ0) is 23.7. The number of carboxylic acids is 1. The molecule has 4 rings (SSSR count). The molecule has 2 aliphatic rings. The van der Waals surface area contributed by atoms with E-state index in [2.05, 4.69) is 5.32 Å². The van der Waals surface area contributed by atoms with Crippen LogP contribution in [0.25, 0.3) is 11.1 Å². The number of fused-ring (bicyclic) bond motifs is 3. The average molecular weight is 453 g/mol. The highest BCUT2D eigenvalue weighted by Gasteiger charge is 2.42. The normalized spacial score (nSPS) is 20.3. The van der Waals surface area contributed by atoms with Gasteiger partial charge in [0.2, 0.25) is 5.91 Å². The third kappa shape index (κ3) is 4.43. The first-order valence-electron chi connectivity index (χ1n) is 11.1. The summed E-state index contributed by atoms with van der Waals surface area (Å²) in [5.74, 6) is -2.13. The zero-order valence-electron chi connectivity index (χ0n) is 18.6. The number of likely N-dealkylation sites (tertiary alicyclic amines) is 1. The van der Waals surface area contributed by atoms with Crippen molar-refractivity contribution in [2.45, 2.75) is 44.4 Å². The fourth-order valence-electron chi connectivity index (χ4n) is 4.75. The van der Waals surface area contributed by atoms with Gasteiger partial charge < -0.3 is 25.2 Å². The Bertz CT molecular complexity index is 1020. The summed E-state index contributed by atoms with van der Waals surface area (Å²) in [5.41, 5.74) is 4.39.